The Labute approximate surface area is 318 Å². The number of nitrogens with zero attached hydrogens (tertiary/aromatic N) is 2. The molecule has 0 aromatic heterocycles. The number of halogens is 2. The fourth-order valence-corrected chi connectivity index (χ4v) is 9.47. The number of carboxylic acid groups (broad SMARTS) is 1. The van der Waals surface area contributed by atoms with Gasteiger partial charge in [0.15, 0.2) is 0 Å². The van der Waals surface area contributed by atoms with Gasteiger partial charge >= 0.3 is 5.97 Å². The Kier molecular flexibility index (Phi) is 8.42. The van der Waals surface area contributed by atoms with Crippen LogP contribution < -0.4 is 15.1 Å². The molecule has 2 aliphatic carbocycles. The Morgan fingerprint density at radius 2 is 1.65 bits per heavy atom. The van der Waals surface area contributed by atoms with Crippen molar-refractivity contribution in [3.8, 4) is 17.2 Å². The van der Waals surface area contributed by atoms with E-state index < -0.39 is 75.9 Å². The summed E-state index contributed by atoms with van der Waals surface area (Å²) in [5.74, 6) is -8.30. The number of aromatic carboxylic acids is 1. The van der Waals surface area contributed by atoms with E-state index in [4.69, 9.17) is 27.9 Å². The van der Waals surface area contributed by atoms with E-state index in [1.54, 1.807) is 48.5 Å². The quantitative estimate of drug-likeness (QED) is 0.123. The molecule has 0 bridgehead atoms. The van der Waals surface area contributed by atoms with Crippen molar-refractivity contribution < 1.29 is 44.0 Å². The van der Waals surface area contributed by atoms with E-state index in [9.17, 15) is 34.5 Å². The fraction of sp³-hybridized carbons (Fsp3) is 0.225. The van der Waals surface area contributed by atoms with Gasteiger partial charge in [-0.1, -0.05) is 59.1 Å². The number of hydrazine groups is 1. The number of imide groups is 2. The van der Waals surface area contributed by atoms with E-state index in [-0.39, 0.29) is 35.0 Å². The van der Waals surface area contributed by atoms with E-state index in [1.807, 2.05) is 6.08 Å². The van der Waals surface area contributed by atoms with Crippen LogP contribution in [0.25, 0.3) is 0 Å². The third-order valence-electron chi connectivity index (χ3n) is 11.3. The Morgan fingerprint density at radius 1 is 0.889 bits per heavy atom. The van der Waals surface area contributed by atoms with E-state index in [1.165, 1.54) is 31.4 Å². The smallest absolute Gasteiger partial charge is 0.339 e. The van der Waals surface area contributed by atoms with Crippen LogP contribution in [-0.4, -0.2) is 57.0 Å². The molecule has 3 fully saturated rings. The molecule has 274 valence electrons. The number of carbonyl (C=O) groups is 5. The minimum Gasteiger partial charge on any atom is -0.508 e. The van der Waals surface area contributed by atoms with Crippen molar-refractivity contribution in [3.63, 3.8) is 0 Å². The van der Waals surface area contributed by atoms with Gasteiger partial charge in [0, 0.05) is 17.0 Å². The van der Waals surface area contributed by atoms with E-state index in [2.05, 4.69) is 5.43 Å². The number of phenolic OH excluding ortho intramolecular Hbond substituents is 1. The van der Waals surface area contributed by atoms with Gasteiger partial charge in [-0.25, -0.2) is 9.69 Å². The molecule has 12 nitrogen and oxygen atoms in total. The van der Waals surface area contributed by atoms with Crippen molar-refractivity contribution in [1.82, 2.24) is 5.01 Å². The number of phenols is 2. The van der Waals surface area contributed by atoms with Crippen LogP contribution in [0, 0.1) is 23.7 Å². The molecule has 2 heterocycles. The SMILES string of the molecule is COc1ccc(C23C(=O)N(Nc4ccc(Cl)cc4Cl)C(=O)C2CC2C(=CCC4C(=O)N(c5ccc(C(=O)O)c(O)c5)C(=O)C42)C3c2cccc(O)c2)cc1. The highest BCUT2D eigenvalue weighted by Gasteiger charge is 2.70. The number of ether oxygens (including phenoxy) is 1. The number of hydrogen-bond acceptors (Lipinski definition) is 9. The maximum atomic E-state index is 15.3. The number of carboxylic acids is 1. The van der Waals surface area contributed by atoms with E-state index in [0.717, 1.165) is 22.0 Å². The Balaban J connectivity index is 1.30. The lowest BCUT2D eigenvalue weighted by atomic mass is 9.49. The number of nitrogens with one attached hydrogen (secondary N) is 1. The van der Waals surface area contributed by atoms with Gasteiger partial charge in [-0.2, -0.15) is 5.01 Å². The van der Waals surface area contributed by atoms with Gasteiger partial charge in [0.25, 0.3) is 11.8 Å². The topological polar surface area (TPSA) is 174 Å². The van der Waals surface area contributed by atoms with Crippen LogP contribution in [0.5, 0.6) is 17.2 Å². The molecule has 2 aliphatic heterocycles. The van der Waals surface area contributed by atoms with E-state index in [0.29, 0.717) is 27.5 Å². The normalized spacial score (nSPS) is 25.9. The monoisotopic (exact) mass is 767 g/mol. The van der Waals surface area contributed by atoms with Crippen molar-refractivity contribution in [3.05, 3.63) is 123 Å². The number of hydrogen-bond donors (Lipinski definition) is 4. The average molecular weight is 769 g/mol. The molecule has 2 saturated heterocycles. The summed E-state index contributed by atoms with van der Waals surface area (Å²) in [6, 6.07) is 21.4. The zero-order valence-electron chi connectivity index (χ0n) is 28.4. The molecule has 6 unspecified atom stereocenters. The molecule has 0 spiro atoms. The molecule has 54 heavy (non-hydrogen) atoms. The lowest BCUT2D eigenvalue weighted by Gasteiger charge is -2.50. The standard InChI is InChI=1S/C40H31Cl2N3O9/c1-54-24-9-5-20(6-10-24)40-29(36(49)45(39(40)53)43-31-14-7-21(41)16-30(31)42)18-28-25(34(40)19-3-2-4-23(46)15-19)12-13-27-33(28)37(50)44(35(27)48)22-8-11-26(38(51)52)32(47)17-22/h2-12,14-17,27-29,33-34,43,46-47H,13,18H2,1H3,(H,51,52). The van der Waals surface area contributed by atoms with Crippen LogP contribution in [0.1, 0.15) is 40.2 Å². The lowest BCUT2D eigenvalue weighted by Crippen LogP contribution is -2.53. The average Bonchev–Trinajstić information content (AvgIpc) is 3.53. The molecule has 4 N–H and O–H groups in total. The highest BCUT2D eigenvalue weighted by molar-refractivity contribution is 6.36. The van der Waals surface area contributed by atoms with Gasteiger partial charge in [0.2, 0.25) is 11.8 Å². The number of fused-ring (bicyclic) bond motifs is 4. The summed E-state index contributed by atoms with van der Waals surface area (Å²) in [6.07, 6.45) is 1.99. The molecule has 6 atom stereocenters. The van der Waals surface area contributed by atoms with Crippen molar-refractivity contribution in [2.75, 3.05) is 17.4 Å². The molecule has 4 aromatic carbocycles. The number of allylic oxidation sites excluding steroid dienone is 2. The largest absolute Gasteiger partial charge is 0.508 e. The minimum atomic E-state index is -1.61. The van der Waals surface area contributed by atoms with Crippen LogP contribution >= 0.6 is 23.2 Å². The van der Waals surface area contributed by atoms with Gasteiger partial charge < -0.3 is 20.1 Å². The molecule has 1 saturated carbocycles. The number of rotatable bonds is 7. The number of carbonyl (C=O) groups excluding carboxylic acids is 4. The van der Waals surface area contributed by atoms with Crippen molar-refractivity contribution in [2.45, 2.75) is 24.2 Å². The van der Waals surface area contributed by atoms with Crippen molar-refractivity contribution in [1.29, 1.82) is 0 Å². The van der Waals surface area contributed by atoms with Crippen LogP contribution in [0.2, 0.25) is 10.0 Å². The Bertz CT molecular complexity index is 2330. The summed E-state index contributed by atoms with van der Waals surface area (Å²) in [6.45, 7) is 0. The summed E-state index contributed by atoms with van der Waals surface area (Å²) < 4.78 is 5.43. The second-order valence-electron chi connectivity index (χ2n) is 13.8. The number of methoxy groups -OCH3 is 1. The zero-order chi connectivity index (χ0) is 38.2. The molecule has 14 heteroatoms. The van der Waals surface area contributed by atoms with Gasteiger partial charge in [-0.3, -0.25) is 24.6 Å². The lowest BCUT2D eigenvalue weighted by molar-refractivity contribution is -0.138. The number of benzene rings is 4. The second kappa shape index (κ2) is 12.9. The fourth-order valence-electron chi connectivity index (χ4n) is 9.02. The summed E-state index contributed by atoms with van der Waals surface area (Å²) in [5, 5.41) is 32.1. The molecule has 4 aromatic rings. The van der Waals surface area contributed by atoms with Crippen LogP contribution in [-0.2, 0) is 24.6 Å². The molecular formula is C40H31Cl2N3O9. The van der Waals surface area contributed by atoms with Gasteiger partial charge in [0.1, 0.15) is 22.8 Å². The van der Waals surface area contributed by atoms with Gasteiger partial charge in [-0.05, 0) is 84.5 Å². The Hall–Kier alpha value is -5.85. The van der Waals surface area contributed by atoms with Gasteiger partial charge in [-0.15, -0.1) is 0 Å². The van der Waals surface area contributed by atoms with E-state index >= 15 is 4.79 Å². The summed E-state index contributed by atoms with van der Waals surface area (Å²) in [5.41, 5.74) is 2.87. The summed E-state index contributed by atoms with van der Waals surface area (Å²) in [4.78, 5) is 71.2. The predicted octanol–water partition coefficient (Wildman–Crippen LogP) is 6.30. The maximum absolute atomic E-state index is 15.3. The second-order valence-corrected chi connectivity index (χ2v) is 14.7. The third-order valence-corrected chi connectivity index (χ3v) is 11.8. The molecule has 8 rings (SSSR count). The third kappa shape index (κ3) is 5.15. The first-order valence-corrected chi connectivity index (χ1v) is 17.8. The van der Waals surface area contributed by atoms with Crippen LogP contribution in [0.15, 0.2) is 96.6 Å². The predicted molar refractivity (Wildman–Crippen MR) is 196 cm³/mol. The maximum Gasteiger partial charge on any atom is 0.339 e. The molecule has 4 aliphatic rings. The number of amides is 4. The Morgan fingerprint density at radius 3 is 2.31 bits per heavy atom. The highest BCUT2D eigenvalue weighted by Crippen LogP contribution is 2.64. The highest BCUT2D eigenvalue weighted by atomic mass is 35.5. The van der Waals surface area contributed by atoms with Crippen LogP contribution in [0.3, 0.4) is 0 Å². The summed E-state index contributed by atoms with van der Waals surface area (Å²) >= 11 is 12.6. The number of aromatic hydroxyl groups is 2. The molecule has 0 radical (unpaired) electrons. The van der Waals surface area contributed by atoms with Crippen molar-refractivity contribution >= 4 is 64.2 Å². The molecule has 4 amide bonds. The summed E-state index contributed by atoms with van der Waals surface area (Å²) in [7, 11) is 1.51. The van der Waals surface area contributed by atoms with Crippen LogP contribution in [0.4, 0.5) is 11.4 Å². The number of anilines is 2. The first-order valence-electron chi connectivity index (χ1n) is 17.0. The zero-order valence-corrected chi connectivity index (χ0v) is 29.9. The first-order chi connectivity index (χ1) is 25.9. The van der Waals surface area contributed by atoms with Gasteiger partial charge in [0.05, 0.1) is 46.7 Å². The molecular weight excluding hydrogens is 737 g/mol. The van der Waals surface area contributed by atoms with Crippen molar-refractivity contribution in [2.24, 2.45) is 23.7 Å². The minimum absolute atomic E-state index is 0.00150. The first kappa shape index (κ1) is 35.2.